The lowest BCUT2D eigenvalue weighted by atomic mass is 10.2. The third-order valence-electron chi connectivity index (χ3n) is 5.23. The number of rotatable bonds is 7. The molecule has 0 saturated heterocycles. The summed E-state index contributed by atoms with van der Waals surface area (Å²) in [6, 6.07) is 10.8. The minimum Gasteiger partial charge on any atom is -0.497 e. The average Bonchev–Trinajstić information content (AvgIpc) is 3.18. The summed E-state index contributed by atoms with van der Waals surface area (Å²) >= 11 is 5.97. The monoisotopic (exact) mass is 455 g/mol. The van der Waals surface area contributed by atoms with Crippen molar-refractivity contribution in [3.05, 3.63) is 74.1 Å². The molecule has 9 nitrogen and oxygen atoms in total. The van der Waals surface area contributed by atoms with Crippen LogP contribution in [0.4, 0.5) is 0 Å². The number of fused-ring (bicyclic) bond motifs is 1. The maximum atomic E-state index is 13.4. The SMILES string of the molecule is COc1ccc(-c2nc3c(c(=O)n(CCCO)c(=O)n3C)n2Cc2ccc(Cl)cn2)cc1. The van der Waals surface area contributed by atoms with E-state index in [0.29, 0.717) is 28.7 Å². The standard InChI is InChI=1S/C22H22ClN5O4/c1-26-20-18(21(30)27(22(26)31)10-3-11-29)28(13-16-7-6-15(23)12-24-16)19(25-20)14-4-8-17(32-2)9-5-14/h4-9,12,29H,3,10-11,13H2,1-2H3. The van der Waals surface area contributed by atoms with Gasteiger partial charge in [0, 0.05) is 32.0 Å². The molecule has 32 heavy (non-hydrogen) atoms. The van der Waals surface area contributed by atoms with Crippen LogP contribution in [0.3, 0.4) is 0 Å². The number of aliphatic hydroxyl groups excluding tert-OH is 1. The van der Waals surface area contributed by atoms with E-state index in [1.165, 1.54) is 4.57 Å². The minimum atomic E-state index is -0.480. The van der Waals surface area contributed by atoms with E-state index in [1.807, 2.05) is 12.1 Å². The van der Waals surface area contributed by atoms with Gasteiger partial charge in [-0.3, -0.25) is 18.9 Å². The fourth-order valence-corrected chi connectivity index (χ4v) is 3.69. The summed E-state index contributed by atoms with van der Waals surface area (Å²) in [6.45, 7) is 0.237. The highest BCUT2D eigenvalue weighted by molar-refractivity contribution is 6.30. The van der Waals surface area contributed by atoms with Gasteiger partial charge in [0.15, 0.2) is 11.2 Å². The van der Waals surface area contributed by atoms with Crippen molar-refractivity contribution in [2.45, 2.75) is 19.5 Å². The van der Waals surface area contributed by atoms with Crippen molar-refractivity contribution in [1.82, 2.24) is 23.7 Å². The van der Waals surface area contributed by atoms with Crippen LogP contribution >= 0.6 is 11.6 Å². The first kappa shape index (κ1) is 21.8. The molecule has 3 aromatic heterocycles. The number of halogens is 1. The Bertz CT molecular complexity index is 1370. The van der Waals surface area contributed by atoms with Crippen molar-refractivity contribution in [3.8, 4) is 17.1 Å². The van der Waals surface area contributed by atoms with Crippen molar-refractivity contribution in [1.29, 1.82) is 0 Å². The van der Waals surface area contributed by atoms with Crippen molar-refractivity contribution >= 4 is 22.8 Å². The highest BCUT2D eigenvalue weighted by atomic mass is 35.5. The second-order valence-corrected chi connectivity index (χ2v) is 7.70. The molecule has 0 amide bonds. The molecule has 4 aromatic rings. The number of aromatic nitrogens is 5. The van der Waals surface area contributed by atoms with Gasteiger partial charge in [-0.25, -0.2) is 9.78 Å². The predicted molar refractivity (Wildman–Crippen MR) is 121 cm³/mol. The van der Waals surface area contributed by atoms with Crippen molar-refractivity contribution in [2.24, 2.45) is 7.05 Å². The van der Waals surface area contributed by atoms with Gasteiger partial charge in [-0.2, -0.15) is 0 Å². The molecule has 0 atom stereocenters. The zero-order valence-corrected chi connectivity index (χ0v) is 18.4. The fourth-order valence-electron chi connectivity index (χ4n) is 3.57. The summed E-state index contributed by atoms with van der Waals surface area (Å²) in [6.07, 6.45) is 1.83. The van der Waals surface area contributed by atoms with Gasteiger partial charge in [0.2, 0.25) is 0 Å². The second-order valence-electron chi connectivity index (χ2n) is 7.27. The molecule has 0 saturated carbocycles. The molecule has 1 N–H and O–H groups in total. The summed E-state index contributed by atoms with van der Waals surface area (Å²) < 4.78 is 9.48. The van der Waals surface area contributed by atoms with Crippen LogP contribution in [0.1, 0.15) is 12.1 Å². The van der Waals surface area contributed by atoms with Crippen molar-refractivity contribution < 1.29 is 9.84 Å². The maximum Gasteiger partial charge on any atom is 0.332 e. The molecular formula is C22H22ClN5O4. The minimum absolute atomic E-state index is 0.111. The maximum absolute atomic E-state index is 13.4. The number of hydrogen-bond acceptors (Lipinski definition) is 6. The molecule has 0 unspecified atom stereocenters. The number of pyridine rings is 1. The zero-order valence-electron chi connectivity index (χ0n) is 17.7. The normalized spacial score (nSPS) is 11.2. The van der Waals surface area contributed by atoms with Gasteiger partial charge in [0.05, 0.1) is 24.4 Å². The lowest BCUT2D eigenvalue weighted by molar-refractivity contribution is 0.277. The Balaban J connectivity index is 1.99. The number of imidazole rings is 1. The first-order valence-corrected chi connectivity index (χ1v) is 10.4. The van der Waals surface area contributed by atoms with E-state index >= 15 is 0 Å². The predicted octanol–water partition coefficient (Wildman–Crippen LogP) is 2.05. The largest absolute Gasteiger partial charge is 0.497 e. The molecule has 0 aliphatic heterocycles. The van der Waals surface area contributed by atoms with Gasteiger partial charge in [-0.1, -0.05) is 11.6 Å². The molecule has 1 aromatic carbocycles. The fraction of sp³-hybridized carbons (Fsp3) is 0.273. The van der Waals surface area contributed by atoms with Crippen LogP contribution in [0.25, 0.3) is 22.6 Å². The van der Waals surface area contributed by atoms with E-state index < -0.39 is 11.2 Å². The van der Waals surface area contributed by atoms with Crippen LogP contribution in [0.15, 0.2) is 52.2 Å². The molecule has 0 radical (unpaired) electrons. The molecular weight excluding hydrogens is 434 g/mol. The van der Waals surface area contributed by atoms with Crippen LogP contribution in [-0.2, 0) is 20.1 Å². The number of aliphatic hydroxyl groups is 1. The van der Waals surface area contributed by atoms with Crippen LogP contribution in [0, 0.1) is 0 Å². The van der Waals surface area contributed by atoms with E-state index in [2.05, 4.69) is 9.97 Å². The van der Waals surface area contributed by atoms with Crippen molar-refractivity contribution in [3.63, 3.8) is 0 Å². The van der Waals surface area contributed by atoms with Gasteiger partial charge in [0.1, 0.15) is 11.6 Å². The van der Waals surface area contributed by atoms with E-state index in [4.69, 9.17) is 16.3 Å². The van der Waals surface area contributed by atoms with Crippen LogP contribution < -0.4 is 16.0 Å². The first-order valence-electron chi connectivity index (χ1n) is 10.0. The topological polar surface area (TPSA) is 104 Å². The molecule has 0 spiro atoms. The Morgan fingerprint density at radius 3 is 2.47 bits per heavy atom. The quantitative estimate of drug-likeness (QED) is 0.457. The molecule has 4 rings (SSSR count). The van der Waals surface area contributed by atoms with Crippen LogP contribution in [0.2, 0.25) is 5.02 Å². The van der Waals surface area contributed by atoms with E-state index in [-0.39, 0.29) is 30.9 Å². The number of methoxy groups -OCH3 is 1. The number of nitrogens with zero attached hydrogens (tertiary/aromatic N) is 5. The summed E-state index contributed by atoms with van der Waals surface area (Å²) in [5.41, 5.74) is 1.06. The smallest absolute Gasteiger partial charge is 0.332 e. The summed E-state index contributed by atoms with van der Waals surface area (Å²) in [5, 5.41) is 9.70. The lowest BCUT2D eigenvalue weighted by Gasteiger charge is -2.11. The van der Waals surface area contributed by atoms with Gasteiger partial charge in [0.25, 0.3) is 5.56 Å². The Hall–Kier alpha value is -3.43. The van der Waals surface area contributed by atoms with Crippen LogP contribution in [-0.4, -0.2) is 42.5 Å². The third-order valence-corrected chi connectivity index (χ3v) is 5.45. The summed E-state index contributed by atoms with van der Waals surface area (Å²) in [4.78, 5) is 35.2. The number of ether oxygens (including phenoxy) is 1. The Morgan fingerprint density at radius 2 is 1.84 bits per heavy atom. The Morgan fingerprint density at radius 1 is 1.09 bits per heavy atom. The molecule has 10 heteroatoms. The molecule has 0 aliphatic rings. The van der Waals surface area contributed by atoms with E-state index in [0.717, 1.165) is 10.1 Å². The highest BCUT2D eigenvalue weighted by Gasteiger charge is 2.21. The number of hydrogen-bond donors (Lipinski definition) is 1. The van der Waals surface area contributed by atoms with Crippen molar-refractivity contribution in [2.75, 3.05) is 13.7 Å². The summed E-state index contributed by atoms with van der Waals surface area (Å²) in [5.74, 6) is 1.21. The molecule has 166 valence electrons. The van der Waals surface area contributed by atoms with E-state index in [1.54, 1.807) is 49.2 Å². The highest BCUT2D eigenvalue weighted by Crippen LogP contribution is 2.25. The van der Waals surface area contributed by atoms with Gasteiger partial charge < -0.3 is 14.4 Å². The van der Waals surface area contributed by atoms with Crippen LogP contribution in [0.5, 0.6) is 5.75 Å². The van der Waals surface area contributed by atoms with E-state index in [9.17, 15) is 14.7 Å². The molecule has 0 fully saturated rings. The lowest BCUT2D eigenvalue weighted by Crippen LogP contribution is -2.40. The average molecular weight is 456 g/mol. The summed E-state index contributed by atoms with van der Waals surface area (Å²) in [7, 11) is 3.16. The van der Waals surface area contributed by atoms with Gasteiger partial charge in [-0.05, 0) is 42.8 Å². The number of aryl methyl sites for hydroxylation is 1. The molecule has 0 bridgehead atoms. The molecule has 3 heterocycles. The second kappa shape index (κ2) is 8.97. The van der Waals surface area contributed by atoms with Gasteiger partial charge in [-0.15, -0.1) is 0 Å². The Kier molecular flexibility index (Phi) is 6.11. The Labute approximate surface area is 188 Å². The third kappa shape index (κ3) is 3.92. The zero-order chi connectivity index (χ0) is 22.8. The molecule has 0 aliphatic carbocycles. The van der Waals surface area contributed by atoms with Gasteiger partial charge >= 0.3 is 5.69 Å². The first-order chi connectivity index (χ1) is 15.4. The number of benzene rings is 1.